The van der Waals surface area contributed by atoms with Crippen molar-refractivity contribution in [2.24, 2.45) is 0 Å². The number of H-pyrrole nitrogens is 1. The molecule has 150 valence electrons. The molecule has 1 N–H and O–H groups in total. The number of hydrogen-bond acceptors (Lipinski definition) is 3. The van der Waals surface area contributed by atoms with Crippen molar-refractivity contribution in [3.63, 3.8) is 0 Å². The summed E-state index contributed by atoms with van der Waals surface area (Å²) in [7, 11) is 0. The molecule has 1 aromatic heterocycles. The normalized spacial score (nSPS) is 23.0. The minimum Gasteiger partial charge on any atom is -0.373 e. The second kappa shape index (κ2) is 8.01. The van der Waals surface area contributed by atoms with E-state index in [0.29, 0.717) is 13.2 Å². The number of amides is 1. The van der Waals surface area contributed by atoms with Crippen LogP contribution >= 0.6 is 0 Å². The molecule has 0 unspecified atom stereocenters. The number of carbonyl (C=O) groups is 1. The van der Waals surface area contributed by atoms with Crippen molar-refractivity contribution in [3.05, 3.63) is 71.9 Å². The van der Waals surface area contributed by atoms with E-state index in [1.165, 1.54) is 12.8 Å². The highest BCUT2D eigenvalue weighted by atomic mass is 16.5. The van der Waals surface area contributed by atoms with E-state index in [2.05, 4.69) is 22.0 Å². The number of benzene rings is 2. The lowest BCUT2D eigenvalue weighted by molar-refractivity contribution is -0.0706. The Bertz CT molecular complexity index is 978. The maximum absolute atomic E-state index is 13.7. The first-order valence-electron chi connectivity index (χ1n) is 10.6. The highest BCUT2D eigenvalue weighted by Gasteiger charge is 2.38. The van der Waals surface area contributed by atoms with Crippen LogP contribution in [0.2, 0.25) is 0 Å². The summed E-state index contributed by atoms with van der Waals surface area (Å²) in [4.78, 5) is 21.5. The van der Waals surface area contributed by atoms with E-state index < -0.39 is 0 Å². The molecule has 2 atom stereocenters. The van der Waals surface area contributed by atoms with Crippen LogP contribution in [0.15, 0.2) is 60.8 Å². The average Bonchev–Trinajstić information content (AvgIpc) is 3.45. The number of rotatable bonds is 4. The molecule has 0 saturated carbocycles. The lowest BCUT2D eigenvalue weighted by Gasteiger charge is -2.43. The van der Waals surface area contributed by atoms with Gasteiger partial charge >= 0.3 is 0 Å². The van der Waals surface area contributed by atoms with Gasteiger partial charge in [0.25, 0.3) is 5.91 Å². The van der Waals surface area contributed by atoms with Crippen LogP contribution < -0.4 is 0 Å². The number of nitrogens with one attached hydrogen (secondary N) is 1. The Labute approximate surface area is 171 Å². The standard InChI is InChI=1S/C24H27N3O2/c28-24(20-10-6-9-18-11-12-25-22(18)20)27-15-16-29-21(17-26-13-4-5-14-26)23(27)19-7-2-1-3-8-19/h1-3,6-12,21,23,25H,4-5,13-17H2/t21-,23-/m0/s1. The molecule has 2 aromatic carbocycles. The molecule has 2 aliphatic heterocycles. The SMILES string of the molecule is O=C(c1cccc2cc[nH]c12)N1CCO[C@@H](CN2CCCC2)[C@@H]1c1ccccc1. The van der Waals surface area contributed by atoms with E-state index >= 15 is 0 Å². The summed E-state index contributed by atoms with van der Waals surface area (Å²) in [5.41, 5.74) is 2.78. The average molecular weight is 389 g/mol. The van der Waals surface area contributed by atoms with Crippen LogP contribution in [0.25, 0.3) is 10.9 Å². The van der Waals surface area contributed by atoms with Gasteiger partial charge in [-0.05, 0) is 43.6 Å². The molecule has 2 aliphatic rings. The van der Waals surface area contributed by atoms with Crippen molar-refractivity contribution in [1.29, 1.82) is 0 Å². The number of aromatic nitrogens is 1. The van der Waals surface area contributed by atoms with E-state index in [0.717, 1.165) is 41.7 Å². The molecule has 29 heavy (non-hydrogen) atoms. The smallest absolute Gasteiger partial charge is 0.256 e. The minimum atomic E-state index is -0.0803. The van der Waals surface area contributed by atoms with Gasteiger partial charge in [-0.2, -0.15) is 0 Å². The lowest BCUT2D eigenvalue weighted by Crippen LogP contribution is -2.51. The number of ether oxygens (including phenoxy) is 1. The van der Waals surface area contributed by atoms with Crippen molar-refractivity contribution < 1.29 is 9.53 Å². The molecule has 2 saturated heterocycles. The predicted molar refractivity (Wildman–Crippen MR) is 114 cm³/mol. The van der Waals surface area contributed by atoms with Gasteiger partial charge in [0.15, 0.2) is 0 Å². The fourth-order valence-corrected chi connectivity index (χ4v) is 4.80. The van der Waals surface area contributed by atoms with E-state index in [1.807, 2.05) is 53.6 Å². The van der Waals surface area contributed by atoms with Crippen LogP contribution in [0.4, 0.5) is 0 Å². The monoisotopic (exact) mass is 389 g/mol. The van der Waals surface area contributed by atoms with Crippen LogP contribution in [-0.2, 0) is 4.74 Å². The minimum absolute atomic E-state index is 0.0176. The predicted octanol–water partition coefficient (Wildman–Crippen LogP) is 3.85. The largest absolute Gasteiger partial charge is 0.373 e. The van der Waals surface area contributed by atoms with Gasteiger partial charge in [-0.25, -0.2) is 0 Å². The van der Waals surface area contributed by atoms with Crippen molar-refractivity contribution >= 4 is 16.8 Å². The first kappa shape index (κ1) is 18.4. The van der Waals surface area contributed by atoms with E-state index in [4.69, 9.17) is 4.74 Å². The first-order valence-corrected chi connectivity index (χ1v) is 10.6. The van der Waals surface area contributed by atoms with Crippen LogP contribution in [0.1, 0.15) is 34.8 Å². The maximum atomic E-state index is 13.7. The Balaban J connectivity index is 1.50. The summed E-state index contributed by atoms with van der Waals surface area (Å²) in [6.45, 7) is 4.30. The summed E-state index contributed by atoms with van der Waals surface area (Å²) >= 11 is 0. The van der Waals surface area contributed by atoms with Gasteiger partial charge in [-0.15, -0.1) is 0 Å². The number of aromatic amines is 1. The molecule has 5 heteroatoms. The van der Waals surface area contributed by atoms with Gasteiger partial charge in [0.1, 0.15) is 0 Å². The fourth-order valence-electron chi connectivity index (χ4n) is 4.80. The van der Waals surface area contributed by atoms with Crippen molar-refractivity contribution in [1.82, 2.24) is 14.8 Å². The second-order valence-electron chi connectivity index (χ2n) is 8.02. The van der Waals surface area contributed by atoms with Gasteiger partial charge in [-0.1, -0.05) is 42.5 Å². The van der Waals surface area contributed by atoms with E-state index in [9.17, 15) is 4.79 Å². The van der Waals surface area contributed by atoms with Crippen LogP contribution in [-0.4, -0.2) is 59.6 Å². The van der Waals surface area contributed by atoms with Crippen molar-refractivity contribution in [3.8, 4) is 0 Å². The zero-order valence-electron chi connectivity index (χ0n) is 16.6. The molecular weight excluding hydrogens is 362 g/mol. The zero-order valence-corrected chi connectivity index (χ0v) is 16.6. The van der Waals surface area contributed by atoms with Gasteiger partial charge in [0, 0.05) is 24.7 Å². The molecule has 5 rings (SSSR count). The number of hydrogen-bond donors (Lipinski definition) is 1. The van der Waals surface area contributed by atoms with Gasteiger partial charge in [0.05, 0.1) is 29.8 Å². The summed E-state index contributed by atoms with van der Waals surface area (Å²) in [5.74, 6) is 0.0709. The molecule has 1 amide bonds. The number of likely N-dealkylation sites (tertiary alicyclic amines) is 1. The van der Waals surface area contributed by atoms with Gasteiger partial charge < -0.3 is 19.5 Å². The molecule has 0 radical (unpaired) electrons. The number of para-hydroxylation sites is 1. The number of carbonyl (C=O) groups excluding carboxylic acids is 1. The topological polar surface area (TPSA) is 48.6 Å². The molecule has 5 nitrogen and oxygen atoms in total. The molecule has 0 spiro atoms. The third kappa shape index (κ3) is 3.56. The second-order valence-corrected chi connectivity index (χ2v) is 8.02. The molecule has 3 aromatic rings. The molecule has 3 heterocycles. The number of fused-ring (bicyclic) bond motifs is 1. The van der Waals surface area contributed by atoms with Gasteiger partial charge in [0.2, 0.25) is 0 Å². The van der Waals surface area contributed by atoms with Gasteiger partial charge in [-0.3, -0.25) is 4.79 Å². The first-order chi connectivity index (χ1) is 14.3. The van der Waals surface area contributed by atoms with Crippen LogP contribution in [0, 0.1) is 0 Å². The zero-order chi connectivity index (χ0) is 19.6. The number of morpholine rings is 1. The summed E-state index contributed by atoms with van der Waals surface area (Å²) in [5, 5.41) is 1.06. The Kier molecular flexibility index (Phi) is 5.08. The van der Waals surface area contributed by atoms with E-state index in [1.54, 1.807) is 0 Å². The third-order valence-electron chi connectivity index (χ3n) is 6.21. The van der Waals surface area contributed by atoms with E-state index in [-0.39, 0.29) is 18.1 Å². The Morgan fingerprint density at radius 1 is 1.00 bits per heavy atom. The molecule has 0 bridgehead atoms. The summed E-state index contributed by atoms with van der Waals surface area (Å²) in [6, 6.07) is 18.2. The molecule has 0 aliphatic carbocycles. The van der Waals surface area contributed by atoms with Crippen molar-refractivity contribution in [2.45, 2.75) is 25.0 Å². The summed E-state index contributed by atoms with van der Waals surface area (Å²) in [6.07, 6.45) is 4.38. The Morgan fingerprint density at radius 2 is 1.83 bits per heavy atom. The Morgan fingerprint density at radius 3 is 2.66 bits per heavy atom. The Hall–Kier alpha value is -2.63. The molecule has 2 fully saturated rings. The fraction of sp³-hybridized carbons (Fsp3) is 0.375. The third-order valence-corrected chi connectivity index (χ3v) is 6.21. The molecular formula is C24H27N3O2. The highest BCUT2D eigenvalue weighted by molar-refractivity contribution is 6.05. The lowest BCUT2D eigenvalue weighted by atomic mass is 9.96. The quantitative estimate of drug-likeness (QED) is 0.737. The van der Waals surface area contributed by atoms with Crippen LogP contribution in [0.5, 0.6) is 0 Å². The summed E-state index contributed by atoms with van der Waals surface area (Å²) < 4.78 is 6.25. The number of nitrogens with zero attached hydrogens (tertiary/aromatic N) is 2. The highest BCUT2D eigenvalue weighted by Crippen LogP contribution is 2.33. The maximum Gasteiger partial charge on any atom is 0.256 e. The van der Waals surface area contributed by atoms with Crippen molar-refractivity contribution in [2.75, 3.05) is 32.8 Å². The van der Waals surface area contributed by atoms with Crippen LogP contribution in [0.3, 0.4) is 0 Å².